The molecule has 0 saturated carbocycles. The van der Waals surface area contributed by atoms with E-state index in [0.717, 1.165) is 34.0 Å². The molecular formula is C33H46N10. The lowest BCUT2D eigenvalue weighted by Gasteiger charge is -2.11. The van der Waals surface area contributed by atoms with Gasteiger partial charge in [-0.15, -0.1) is 0 Å². The van der Waals surface area contributed by atoms with Crippen LogP contribution in [-0.2, 0) is 0 Å². The summed E-state index contributed by atoms with van der Waals surface area (Å²) in [5.41, 5.74) is 57.6. The Morgan fingerprint density at radius 1 is 0.372 bits per heavy atom. The van der Waals surface area contributed by atoms with E-state index in [0.29, 0.717) is 22.7 Å². The van der Waals surface area contributed by atoms with E-state index in [4.69, 9.17) is 51.6 Å². The van der Waals surface area contributed by atoms with Gasteiger partial charge in [0.15, 0.2) is 0 Å². The van der Waals surface area contributed by atoms with Gasteiger partial charge in [0.25, 0.3) is 0 Å². The smallest absolute Gasteiger partial charge is 0.0547 e. The van der Waals surface area contributed by atoms with Gasteiger partial charge in [-0.1, -0.05) is 18.2 Å². The second-order valence-electron chi connectivity index (χ2n) is 9.57. The van der Waals surface area contributed by atoms with E-state index in [9.17, 15) is 0 Å². The maximum atomic E-state index is 5.53. The van der Waals surface area contributed by atoms with E-state index in [1.165, 1.54) is 5.69 Å². The number of para-hydroxylation sites is 2. The zero-order valence-corrected chi connectivity index (χ0v) is 25.1. The van der Waals surface area contributed by atoms with E-state index in [1.54, 1.807) is 60.7 Å². The minimum atomic E-state index is 0.646. The molecule has 0 fully saturated rings. The molecule has 0 amide bonds. The Kier molecular flexibility index (Phi) is 15.1. The molecule has 0 spiro atoms. The van der Waals surface area contributed by atoms with E-state index in [1.807, 2.05) is 80.5 Å². The fourth-order valence-corrected chi connectivity index (χ4v) is 3.04. The lowest BCUT2D eigenvalue weighted by atomic mass is 10.2. The van der Waals surface area contributed by atoms with Crippen molar-refractivity contribution in [3.05, 3.63) is 121 Å². The molecule has 0 aliphatic carbocycles. The highest BCUT2D eigenvalue weighted by molar-refractivity contribution is 5.62. The molecule has 0 unspecified atom stereocenters. The summed E-state index contributed by atoms with van der Waals surface area (Å²) in [6.45, 7) is 1.94. The van der Waals surface area contributed by atoms with Crippen molar-refractivity contribution in [1.82, 2.24) is 0 Å². The highest BCUT2D eigenvalue weighted by Crippen LogP contribution is 2.14. The van der Waals surface area contributed by atoms with E-state index >= 15 is 0 Å². The Bertz CT molecular complexity index is 1430. The van der Waals surface area contributed by atoms with Crippen molar-refractivity contribution in [1.29, 1.82) is 0 Å². The Balaban J connectivity index is 0.000000269. The van der Waals surface area contributed by atoms with Crippen LogP contribution in [0.5, 0.6) is 0 Å². The first-order valence-electron chi connectivity index (χ1n) is 13.2. The summed E-state index contributed by atoms with van der Waals surface area (Å²) < 4.78 is 0. The van der Waals surface area contributed by atoms with Crippen LogP contribution in [0.15, 0.2) is 115 Å². The average Bonchev–Trinajstić information content (AvgIpc) is 2.96. The second-order valence-corrected chi connectivity index (χ2v) is 9.57. The van der Waals surface area contributed by atoms with Gasteiger partial charge < -0.3 is 56.5 Å². The third-order valence-electron chi connectivity index (χ3n) is 5.55. The van der Waals surface area contributed by atoms with Crippen LogP contribution in [0.2, 0.25) is 0 Å². The molecular weight excluding hydrogens is 536 g/mol. The van der Waals surface area contributed by atoms with Crippen LogP contribution in [0.25, 0.3) is 0 Å². The Hall–Kier alpha value is -5.90. The molecule has 5 aromatic carbocycles. The van der Waals surface area contributed by atoms with Crippen molar-refractivity contribution in [2.45, 2.75) is 6.92 Å². The lowest BCUT2D eigenvalue weighted by molar-refractivity contribution is 1.13. The number of hydrogen-bond acceptors (Lipinski definition) is 10. The fourth-order valence-electron chi connectivity index (χ4n) is 3.04. The van der Waals surface area contributed by atoms with Gasteiger partial charge in [0.05, 0.1) is 11.4 Å². The first-order chi connectivity index (χ1) is 20.3. The third kappa shape index (κ3) is 15.5. The topological polar surface area (TPSA) is 237 Å². The Labute approximate surface area is 255 Å². The molecule has 0 atom stereocenters. The minimum absolute atomic E-state index is 0.646. The summed E-state index contributed by atoms with van der Waals surface area (Å²) in [4.78, 5) is 2.04. The van der Waals surface area contributed by atoms with Crippen LogP contribution in [-0.4, -0.2) is 14.1 Å². The van der Waals surface area contributed by atoms with Crippen molar-refractivity contribution in [3.8, 4) is 0 Å². The zero-order valence-electron chi connectivity index (χ0n) is 25.1. The van der Waals surface area contributed by atoms with Gasteiger partial charge in [-0.2, -0.15) is 0 Å². The number of anilines is 10. The maximum Gasteiger partial charge on any atom is 0.0547 e. The summed E-state index contributed by atoms with van der Waals surface area (Å²) in [6, 6.07) is 34.7. The molecule has 0 bridgehead atoms. The van der Waals surface area contributed by atoms with Gasteiger partial charge in [-0.25, -0.2) is 0 Å². The number of benzene rings is 5. The van der Waals surface area contributed by atoms with Gasteiger partial charge in [-0.3, -0.25) is 0 Å². The zero-order chi connectivity index (χ0) is 32.4. The largest absolute Gasteiger partial charge is 0.399 e. The predicted molar refractivity (Wildman–Crippen MR) is 191 cm³/mol. The van der Waals surface area contributed by atoms with Crippen molar-refractivity contribution in [2.24, 2.45) is 0 Å². The van der Waals surface area contributed by atoms with Crippen LogP contribution in [0.3, 0.4) is 0 Å². The van der Waals surface area contributed by atoms with Crippen molar-refractivity contribution in [3.63, 3.8) is 0 Å². The normalized spacial score (nSPS) is 9.19. The highest BCUT2D eigenvalue weighted by Gasteiger charge is 1.92. The van der Waals surface area contributed by atoms with E-state index < -0.39 is 0 Å². The third-order valence-corrected chi connectivity index (χ3v) is 5.55. The Morgan fingerprint density at radius 3 is 1.05 bits per heavy atom. The highest BCUT2D eigenvalue weighted by atomic mass is 15.1. The van der Waals surface area contributed by atoms with E-state index in [2.05, 4.69) is 0 Å². The molecule has 0 aromatic heterocycles. The number of nitrogen functional groups attached to an aromatic ring is 9. The van der Waals surface area contributed by atoms with Gasteiger partial charge in [0, 0.05) is 59.6 Å². The van der Waals surface area contributed by atoms with Crippen LogP contribution < -0.4 is 56.5 Å². The lowest BCUT2D eigenvalue weighted by Crippen LogP contribution is -2.08. The first kappa shape index (κ1) is 35.1. The maximum absolute atomic E-state index is 5.53. The number of hydrogen-bond donors (Lipinski definition) is 9. The molecule has 0 aliphatic rings. The summed E-state index contributed by atoms with van der Waals surface area (Å²) >= 11 is 0. The molecule has 10 heteroatoms. The van der Waals surface area contributed by atoms with Crippen LogP contribution in [0, 0.1) is 6.92 Å². The number of nitrogens with zero attached hydrogens (tertiary/aromatic N) is 1. The van der Waals surface area contributed by atoms with Gasteiger partial charge in [0.2, 0.25) is 0 Å². The molecule has 0 saturated heterocycles. The van der Waals surface area contributed by atoms with E-state index in [-0.39, 0.29) is 0 Å². The number of aryl methyl sites for hydroxylation is 1. The van der Waals surface area contributed by atoms with Crippen molar-refractivity contribution < 1.29 is 0 Å². The van der Waals surface area contributed by atoms with Gasteiger partial charge >= 0.3 is 0 Å². The van der Waals surface area contributed by atoms with Crippen LogP contribution in [0.1, 0.15) is 5.56 Å². The van der Waals surface area contributed by atoms with Gasteiger partial charge in [-0.05, 0) is 110 Å². The van der Waals surface area contributed by atoms with Crippen molar-refractivity contribution in [2.75, 3.05) is 70.6 Å². The molecule has 18 N–H and O–H groups in total. The molecule has 5 aromatic rings. The van der Waals surface area contributed by atoms with Gasteiger partial charge in [0.1, 0.15) is 0 Å². The first-order valence-corrected chi connectivity index (χ1v) is 13.2. The Morgan fingerprint density at radius 2 is 0.744 bits per heavy atom. The molecule has 0 heterocycles. The summed E-state index contributed by atoms with van der Waals surface area (Å²) in [6.07, 6.45) is 0. The predicted octanol–water partition coefficient (Wildman–Crippen LogP) is 5.05. The molecule has 10 nitrogen and oxygen atoms in total. The average molecular weight is 583 g/mol. The standard InChI is InChI=1S/C8H12N2.C7H10N2.3C6H8N2/c1-10(2)8-5-3-7(9)4-6-8;1-5-4-6(8)2-3-7(5)9;7-5-1-2-6(8)4-3-5;7-5-2-1-3-6(8)4-5;7-5-3-1-2-4-6(5)8/h3-6H,9H2,1-2H3;2-4H,8-9H2,1H3;3*1-4H,7-8H2. The fraction of sp³-hybridized carbons (Fsp3) is 0.0909. The summed E-state index contributed by atoms with van der Waals surface area (Å²) in [7, 11) is 4.01. The summed E-state index contributed by atoms with van der Waals surface area (Å²) in [5.74, 6) is 0. The van der Waals surface area contributed by atoms with Crippen LogP contribution in [0.4, 0.5) is 56.9 Å². The molecule has 0 aliphatic heterocycles. The molecule has 0 radical (unpaired) electrons. The monoisotopic (exact) mass is 582 g/mol. The van der Waals surface area contributed by atoms with Crippen molar-refractivity contribution >= 4 is 56.9 Å². The minimum Gasteiger partial charge on any atom is -0.399 e. The number of nitrogens with two attached hydrogens (primary N) is 9. The second kappa shape index (κ2) is 18.4. The summed E-state index contributed by atoms with van der Waals surface area (Å²) in [5, 5.41) is 0. The molecule has 228 valence electrons. The quantitative estimate of drug-likeness (QED) is 0.119. The molecule has 5 rings (SSSR count). The number of rotatable bonds is 1. The molecule has 43 heavy (non-hydrogen) atoms. The van der Waals surface area contributed by atoms with Crippen LogP contribution >= 0.6 is 0 Å². The SMILES string of the molecule is CN(C)c1ccc(N)cc1.Cc1cc(N)ccc1N.Nc1ccc(N)cc1.Nc1cccc(N)c1.Nc1ccccc1N.